The van der Waals surface area contributed by atoms with Crippen LogP contribution in [0.25, 0.3) is 34.5 Å². The highest BCUT2D eigenvalue weighted by atomic mass is 16.4. The Kier molecular flexibility index (Phi) is 4.82. The highest BCUT2D eigenvalue weighted by Gasteiger charge is 2.13. The molecule has 0 bridgehead atoms. The lowest BCUT2D eigenvalue weighted by Gasteiger charge is -2.03. The molecule has 3 aromatic heterocycles. The van der Waals surface area contributed by atoms with Crippen molar-refractivity contribution in [2.75, 3.05) is 0 Å². The standard InChI is InChI=1S/C22H16N6O3/c29-20(23-13-18-24-19(26-25-18)17-7-4-12-30-17)14-8-10-16(11-9-14)22-28-27-21(31-22)15-5-2-1-3-6-15/h1-12H,13H2,(H,23,29)(H,24,25,26). The van der Waals surface area contributed by atoms with Crippen molar-refractivity contribution in [3.8, 4) is 34.5 Å². The van der Waals surface area contributed by atoms with Gasteiger partial charge in [0.25, 0.3) is 5.91 Å². The van der Waals surface area contributed by atoms with Crippen LogP contribution < -0.4 is 5.32 Å². The van der Waals surface area contributed by atoms with Gasteiger partial charge in [0, 0.05) is 16.7 Å². The molecule has 152 valence electrons. The van der Waals surface area contributed by atoms with Crippen molar-refractivity contribution >= 4 is 5.91 Å². The van der Waals surface area contributed by atoms with Gasteiger partial charge in [0.2, 0.25) is 17.6 Å². The number of carbonyl (C=O) groups excluding carboxylic acids is 1. The smallest absolute Gasteiger partial charge is 0.251 e. The molecule has 0 aliphatic heterocycles. The molecular formula is C22H16N6O3. The number of furan rings is 1. The highest BCUT2D eigenvalue weighted by Crippen LogP contribution is 2.24. The van der Waals surface area contributed by atoms with Crippen LogP contribution in [0.3, 0.4) is 0 Å². The maximum atomic E-state index is 12.4. The van der Waals surface area contributed by atoms with Gasteiger partial charge in [-0.1, -0.05) is 18.2 Å². The van der Waals surface area contributed by atoms with Crippen molar-refractivity contribution < 1.29 is 13.6 Å². The number of hydrogen-bond acceptors (Lipinski definition) is 7. The minimum Gasteiger partial charge on any atom is -0.461 e. The Labute approximate surface area is 176 Å². The van der Waals surface area contributed by atoms with E-state index in [2.05, 4.69) is 30.7 Å². The second-order valence-electron chi connectivity index (χ2n) is 6.62. The fraction of sp³-hybridized carbons (Fsp3) is 0.0455. The molecule has 31 heavy (non-hydrogen) atoms. The van der Waals surface area contributed by atoms with Gasteiger partial charge in [0.15, 0.2) is 5.76 Å². The van der Waals surface area contributed by atoms with Crippen LogP contribution in [0, 0.1) is 0 Å². The van der Waals surface area contributed by atoms with Gasteiger partial charge in [0.05, 0.1) is 12.8 Å². The molecule has 9 heteroatoms. The van der Waals surface area contributed by atoms with E-state index in [-0.39, 0.29) is 12.5 Å². The molecule has 0 saturated carbocycles. The first-order valence-electron chi connectivity index (χ1n) is 9.49. The Bertz CT molecular complexity index is 1290. The minimum absolute atomic E-state index is 0.207. The first kappa shape index (κ1) is 18.5. The molecule has 0 spiro atoms. The van der Waals surface area contributed by atoms with E-state index in [1.54, 1.807) is 42.7 Å². The summed E-state index contributed by atoms with van der Waals surface area (Å²) >= 11 is 0. The summed E-state index contributed by atoms with van der Waals surface area (Å²) in [5.74, 6) is 2.11. The summed E-state index contributed by atoms with van der Waals surface area (Å²) in [6.45, 7) is 0.207. The Morgan fingerprint density at radius 2 is 1.65 bits per heavy atom. The summed E-state index contributed by atoms with van der Waals surface area (Å²) in [7, 11) is 0. The number of nitrogens with zero attached hydrogens (tertiary/aromatic N) is 4. The monoisotopic (exact) mass is 412 g/mol. The Morgan fingerprint density at radius 3 is 2.35 bits per heavy atom. The lowest BCUT2D eigenvalue weighted by Crippen LogP contribution is -2.23. The van der Waals surface area contributed by atoms with Gasteiger partial charge in [0.1, 0.15) is 5.82 Å². The number of benzene rings is 2. The van der Waals surface area contributed by atoms with E-state index >= 15 is 0 Å². The molecule has 0 aliphatic carbocycles. The number of aromatic nitrogens is 5. The molecule has 2 N–H and O–H groups in total. The molecule has 0 fully saturated rings. The Balaban J connectivity index is 1.23. The van der Waals surface area contributed by atoms with E-state index in [1.165, 1.54) is 0 Å². The van der Waals surface area contributed by atoms with Gasteiger partial charge in [-0.15, -0.1) is 15.3 Å². The van der Waals surface area contributed by atoms with Crippen LogP contribution in [0.2, 0.25) is 0 Å². The lowest BCUT2D eigenvalue weighted by molar-refractivity contribution is 0.0950. The Morgan fingerprint density at radius 1 is 0.903 bits per heavy atom. The van der Waals surface area contributed by atoms with Gasteiger partial charge in [-0.2, -0.15) is 0 Å². The second-order valence-corrected chi connectivity index (χ2v) is 6.62. The van der Waals surface area contributed by atoms with E-state index in [1.807, 2.05) is 30.3 Å². The van der Waals surface area contributed by atoms with Gasteiger partial charge < -0.3 is 14.2 Å². The van der Waals surface area contributed by atoms with Crippen LogP contribution in [-0.2, 0) is 6.54 Å². The first-order valence-corrected chi connectivity index (χ1v) is 9.49. The topological polar surface area (TPSA) is 123 Å². The molecule has 9 nitrogen and oxygen atoms in total. The fourth-order valence-corrected chi connectivity index (χ4v) is 2.96. The molecular weight excluding hydrogens is 396 g/mol. The molecule has 0 radical (unpaired) electrons. The van der Waals surface area contributed by atoms with Gasteiger partial charge >= 0.3 is 0 Å². The lowest BCUT2D eigenvalue weighted by atomic mass is 10.1. The van der Waals surface area contributed by atoms with Gasteiger partial charge in [-0.25, -0.2) is 4.98 Å². The van der Waals surface area contributed by atoms with Gasteiger partial charge in [-0.3, -0.25) is 9.89 Å². The molecule has 3 heterocycles. The van der Waals surface area contributed by atoms with Crippen LogP contribution >= 0.6 is 0 Å². The quantitative estimate of drug-likeness (QED) is 0.436. The van der Waals surface area contributed by atoms with Crippen LogP contribution in [0.15, 0.2) is 81.8 Å². The minimum atomic E-state index is -0.238. The number of nitrogens with one attached hydrogen (secondary N) is 2. The zero-order valence-electron chi connectivity index (χ0n) is 16.1. The molecule has 5 aromatic rings. The van der Waals surface area contributed by atoms with Crippen molar-refractivity contribution in [3.63, 3.8) is 0 Å². The van der Waals surface area contributed by atoms with Crippen molar-refractivity contribution in [2.24, 2.45) is 0 Å². The van der Waals surface area contributed by atoms with Crippen molar-refractivity contribution in [1.29, 1.82) is 0 Å². The number of carbonyl (C=O) groups is 1. The number of hydrogen-bond donors (Lipinski definition) is 2. The molecule has 0 aliphatic rings. The third kappa shape index (κ3) is 3.97. The second kappa shape index (κ2) is 8.07. The summed E-state index contributed by atoms with van der Waals surface area (Å²) in [5.41, 5.74) is 2.07. The van der Waals surface area contributed by atoms with E-state index in [0.717, 1.165) is 11.1 Å². The predicted molar refractivity (Wildman–Crippen MR) is 110 cm³/mol. The summed E-state index contributed by atoms with van der Waals surface area (Å²) in [6, 6.07) is 20.0. The Hall–Kier alpha value is -4.53. The zero-order chi connectivity index (χ0) is 21.0. The molecule has 2 aromatic carbocycles. The maximum Gasteiger partial charge on any atom is 0.251 e. The van der Waals surface area contributed by atoms with Crippen LogP contribution in [0.1, 0.15) is 16.2 Å². The largest absolute Gasteiger partial charge is 0.461 e. The highest BCUT2D eigenvalue weighted by molar-refractivity contribution is 5.94. The SMILES string of the molecule is O=C(NCc1nc(-c2ccco2)n[nH]1)c1ccc(-c2nnc(-c3ccccc3)o2)cc1. The maximum absolute atomic E-state index is 12.4. The van der Waals surface area contributed by atoms with E-state index in [4.69, 9.17) is 8.83 Å². The predicted octanol–water partition coefficient (Wildman–Crippen LogP) is 3.71. The van der Waals surface area contributed by atoms with Crippen molar-refractivity contribution in [2.45, 2.75) is 6.54 Å². The number of H-pyrrole nitrogens is 1. The van der Waals surface area contributed by atoms with E-state index < -0.39 is 0 Å². The van der Waals surface area contributed by atoms with Crippen LogP contribution in [-0.4, -0.2) is 31.3 Å². The summed E-state index contributed by atoms with van der Waals surface area (Å²) in [5, 5.41) is 17.8. The molecule has 1 amide bonds. The van der Waals surface area contributed by atoms with E-state index in [0.29, 0.717) is 34.8 Å². The zero-order valence-corrected chi connectivity index (χ0v) is 16.1. The van der Waals surface area contributed by atoms with Gasteiger partial charge in [-0.05, 0) is 48.5 Å². The van der Waals surface area contributed by atoms with Crippen molar-refractivity contribution in [1.82, 2.24) is 30.7 Å². The molecule has 0 saturated heterocycles. The average molecular weight is 412 g/mol. The van der Waals surface area contributed by atoms with E-state index in [9.17, 15) is 4.79 Å². The number of rotatable bonds is 6. The van der Waals surface area contributed by atoms with Crippen molar-refractivity contribution in [3.05, 3.63) is 84.4 Å². The third-order valence-electron chi connectivity index (χ3n) is 4.53. The third-order valence-corrected chi connectivity index (χ3v) is 4.53. The summed E-state index contributed by atoms with van der Waals surface area (Å²) < 4.78 is 11.0. The summed E-state index contributed by atoms with van der Waals surface area (Å²) in [4.78, 5) is 16.7. The molecule has 5 rings (SSSR count). The fourth-order valence-electron chi connectivity index (χ4n) is 2.96. The number of aromatic amines is 1. The normalized spacial score (nSPS) is 10.8. The molecule has 0 unspecified atom stereocenters. The first-order chi connectivity index (χ1) is 15.3. The van der Waals surface area contributed by atoms with Crippen LogP contribution in [0.4, 0.5) is 0 Å². The number of amides is 1. The molecule has 0 atom stereocenters. The van der Waals surface area contributed by atoms with Crippen LogP contribution in [0.5, 0.6) is 0 Å². The summed E-state index contributed by atoms with van der Waals surface area (Å²) in [6.07, 6.45) is 1.55. The average Bonchev–Trinajstić information content (AvgIpc) is 3.59.